The molecule has 1 aliphatic carbocycles. The number of carbonyl (C=O) groups excluding carboxylic acids is 1. The minimum absolute atomic E-state index is 0. The lowest BCUT2D eigenvalue weighted by Crippen LogP contribution is -2.27. The summed E-state index contributed by atoms with van der Waals surface area (Å²) in [6.07, 6.45) is 5.60. The van der Waals surface area contributed by atoms with E-state index in [0.29, 0.717) is 0 Å². The number of hydrogen-bond donors (Lipinski definition) is 0. The molecule has 1 aliphatic rings. The molecular formula is C22H29ClN2O. The maximum Gasteiger partial charge on any atom is 0.186 e. The fourth-order valence-corrected chi connectivity index (χ4v) is 2.61. The molecule has 0 heterocycles. The second-order valence-electron chi connectivity index (χ2n) is 8.63. The van der Waals surface area contributed by atoms with Crippen LogP contribution in [0.4, 0.5) is 5.69 Å². The summed E-state index contributed by atoms with van der Waals surface area (Å²) in [4.78, 5) is 12.9. The molecule has 0 aliphatic heterocycles. The Kier molecular flexibility index (Phi) is 6.89. The molecule has 1 aromatic carbocycles. The molecule has 0 N–H and O–H groups in total. The summed E-state index contributed by atoms with van der Waals surface area (Å²) >= 11 is 0. The van der Waals surface area contributed by atoms with Crippen LogP contribution in [-0.2, 0) is 4.79 Å². The Morgan fingerprint density at radius 1 is 0.846 bits per heavy atom. The van der Waals surface area contributed by atoms with E-state index < -0.39 is 0 Å². The predicted octanol–water partition coefficient (Wildman–Crippen LogP) is 6.91. The molecule has 0 saturated heterocycles. The van der Waals surface area contributed by atoms with Gasteiger partial charge in [-0.2, -0.15) is 10.2 Å². The first-order valence-corrected chi connectivity index (χ1v) is 8.65. The first-order valence-electron chi connectivity index (χ1n) is 8.65. The number of Topliss-reactive ketones (excluding diaryl/α,β-unsaturated/α-hetero) is 1. The molecule has 26 heavy (non-hydrogen) atoms. The normalized spacial score (nSPS) is 15.5. The number of ketones is 1. The minimum atomic E-state index is -0.213. The molecule has 0 atom stereocenters. The average molecular weight is 373 g/mol. The van der Waals surface area contributed by atoms with E-state index in [9.17, 15) is 4.79 Å². The molecule has 0 unspecified atom stereocenters. The van der Waals surface area contributed by atoms with E-state index >= 15 is 0 Å². The number of azo groups is 1. The zero-order chi connectivity index (χ0) is 18.8. The van der Waals surface area contributed by atoms with Gasteiger partial charge in [-0.15, -0.1) is 12.4 Å². The van der Waals surface area contributed by atoms with Crippen LogP contribution < -0.4 is 0 Å². The number of benzene rings is 1. The zero-order valence-corrected chi connectivity index (χ0v) is 17.6. The molecule has 3 nitrogen and oxygen atoms in total. The van der Waals surface area contributed by atoms with Gasteiger partial charge in [0.2, 0.25) is 0 Å². The van der Waals surface area contributed by atoms with E-state index in [0.717, 1.165) is 22.4 Å². The highest BCUT2D eigenvalue weighted by molar-refractivity contribution is 6.11. The number of rotatable bonds is 2. The summed E-state index contributed by atoms with van der Waals surface area (Å²) < 4.78 is 0. The van der Waals surface area contributed by atoms with Gasteiger partial charge in [0.1, 0.15) is 0 Å². The zero-order valence-electron chi connectivity index (χ0n) is 16.8. The number of hydrogen-bond acceptors (Lipinski definition) is 3. The number of halogens is 1. The lowest BCUT2D eigenvalue weighted by Gasteiger charge is -2.31. The molecule has 0 fully saturated rings. The van der Waals surface area contributed by atoms with Crippen molar-refractivity contribution in [2.45, 2.75) is 48.5 Å². The number of nitrogens with zero attached hydrogens (tertiary/aromatic N) is 2. The van der Waals surface area contributed by atoms with E-state index in [1.54, 1.807) is 6.20 Å². The van der Waals surface area contributed by atoms with Crippen molar-refractivity contribution in [2.24, 2.45) is 21.1 Å². The van der Waals surface area contributed by atoms with Crippen LogP contribution >= 0.6 is 12.4 Å². The SMILES string of the molecule is Cc1ccc(N=NC=C2C=C(C(C)(C)C)C(=O)C(C(C)(C)C)=C2)cc1.Cl. The standard InChI is InChI=1S/C22H28N2O.ClH/c1-15-8-10-17(11-9-15)24-23-14-16-12-18(21(2,3)4)20(25)19(13-16)22(5,6)7;/h8-14H,1-7H3;1H. The van der Waals surface area contributed by atoms with Gasteiger partial charge in [-0.3, -0.25) is 4.79 Å². The van der Waals surface area contributed by atoms with Gasteiger partial charge in [0.25, 0.3) is 0 Å². The van der Waals surface area contributed by atoms with Gasteiger partial charge >= 0.3 is 0 Å². The fourth-order valence-electron chi connectivity index (χ4n) is 2.61. The van der Waals surface area contributed by atoms with Gasteiger partial charge < -0.3 is 0 Å². The largest absolute Gasteiger partial charge is 0.289 e. The van der Waals surface area contributed by atoms with Crippen molar-refractivity contribution in [3.05, 3.63) is 64.9 Å². The molecule has 0 radical (unpaired) electrons. The maximum atomic E-state index is 12.9. The van der Waals surface area contributed by atoms with Crippen LogP contribution in [0.5, 0.6) is 0 Å². The maximum absolute atomic E-state index is 12.9. The summed E-state index contributed by atoms with van der Waals surface area (Å²) in [5, 5.41) is 8.46. The lowest BCUT2D eigenvalue weighted by molar-refractivity contribution is -0.114. The van der Waals surface area contributed by atoms with Gasteiger partial charge in [-0.25, -0.2) is 0 Å². The second-order valence-corrected chi connectivity index (χ2v) is 8.63. The average Bonchev–Trinajstić information content (AvgIpc) is 2.48. The molecule has 4 heteroatoms. The van der Waals surface area contributed by atoms with Crippen LogP contribution in [0, 0.1) is 17.8 Å². The molecule has 140 valence electrons. The van der Waals surface area contributed by atoms with Crippen molar-refractivity contribution in [3.63, 3.8) is 0 Å². The van der Waals surface area contributed by atoms with Crippen molar-refractivity contribution >= 4 is 23.9 Å². The number of carbonyl (C=O) groups is 1. The molecule has 0 amide bonds. The molecule has 0 spiro atoms. The second kappa shape index (κ2) is 8.13. The van der Waals surface area contributed by atoms with Crippen molar-refractivity contribution < 1.29 is 4.79 Å². The Morgan fingerprint density at radius 3 is 1.73 bits per heavy atom. The molecule has 0 saturated carbocycles. The molecule has 0 aromatic heterocycles. The Labute approximate surface area is 163 Å². The lowest BCUT2D eigenvalue weighted by atomic mass is 9.72. The summed E-state index contributed by atoms with van der Waals surface area (Å²) in [6, 6.07) is 7.90. The third-order valence-electron chi connectivity index (χ3n) is 4.14. The van der Waals surface area contributed by atoms with Crippen LogP contribution in [-0.4, -0.2) is 5.78 Å². The highest BCUT2D eigenvalue weighted by Gasteiger charge is 2.33. The van der Waals surface area contributed by atoms with Gasteiger partial charge in [0.15, 0.2) is 5.78 Å². The topological polar surface area (TPSA) is 41.8 Å². The Bertz CT molecular complexity index is 747. The minimum Gasteiger partial charge on any atom is -0.289 e. The van der Waals surface area contributed by atoms with Crippen LogP contribution in [0.25, 0.3) is 0 Å². The Hall–Kier alpha value is -2.00. The molecular weight excluding hydrogens is 344 g/mol. The van der Waals surface area contributed by atoms with Gasteiger partial charge in [0, 0.05) is 11.1 Å². The molecule has 2 rings (SSSR count). The summed E-state index contributed by atoms with van der Waals surface area (Å²) in [5.74, 6) is 0.132. The number of allylic oxidation sites excluding steroid dienone is 5. The van der Waals surface area contributed by atoms with Crippen LogP contribution in [0.2, 0.25) is 0 Å². The van der Waals surface area contributed by atoms with Crippen LogP contribution in [0.3, 0.4) is 0 Å². The molecule has 0 bridgehead atoms. The van der Waals surface area contributed by atoms with E-state index in [-0.39, 0.29) is 29.0 Å². The fraction of sp³-hybridized carbons (Fsp3) is 0.409. The van der Waals surface area contributed by atoms with E-state index in [1.807, 2.05) is 43.3 Å². The van der Waals surface area contributed by atoms with Crippen molar-refractivity contribution in [3.8, 4) is 0 Å². The third kappa shape index (κ3) is 5.50. The Balaban J connectivity index is 0.00000338. The summed E-state index contributed by atoms with van der Waals surface area (Å²) in [7, 11) is 0. The highest BCUT2D eigenvalue weighted by atomic mass is 35.5. The predicted molar refractivity (Wildman–Crippen MR) is 111 cm³/mol. The quantitative estimate of drug-likeness (QED) is 0.520. The van der Waals surface area contributed by atoms with E-state index in [2.05, 4.69) is 51.8 Å². The monoisotopic (exact) mass is 372 g/mol. The summed E-state index contributed by atoms with van der Waals surface area (Å²) in [5.41, 5.74) is 4.12. The van der Waals surface area contributed by atoms with Crippen molar-refractivity contribution in [2.75, 3.05) is 0 Å². The first-order chi connectivity index (χ1) is 11.5. The summed E-state index contributed by atoms with van der Waals surface area (Å²) in [6.45, 7) is 14.4. The van der Waals surface area contributed by atoms with Crippen LogP contribution in [0.15, 0.2) is 69.6 Å². The smallest absolute Gasteiger partial charge is 0.186 e. The number of aryl methyl sites for hydroxylation is 1. The van der Waals surface area contributed by atoms with E-state index in [4.69, 9.17) is 0 Å². The van der Waals surface area contributed by atoms with Crippen molar-refractivity contribution in [1.29, 1.82) is 0 Å². The van der Waals surface area contributed by atoms with E-state index in [1.165, 1.54) is 5.56 Å². The first kappa shape index (κ1) is 22.0. The highest BCUT2D eigenvalue weighted by Crippen LogP contribution is 2.38. The van der Waals surface area contributed by atoms with Gasteiger partial charge in [0.05, 0.1) is 11.9 Å². The van der Waals surface area contributed by atoms with Gasteiger partial charge in [-0.05, 0) is 47.6 Å². The third-order valence-corrected chi connectivity index (χ3v) is 4.14. The molecule has 1 aromatic rings. The van der Waals surface area contributed by atoms with Gasteiger partial charge in [-0.1, -0.05) is 59.2 Å². The van der Waals surface area contributed by atoms with Crippen LogP contribution in [0.1, 0.15) is 47.1 Å². The van der Waals surface area contributed by atoms with Crippen molar-refractivity contribution in [1.82, 2.24) is 0 Å². The Morgan fingerprint density at radius 2 is 1.31 bits per heavy atom.